The molecule has 3 amide bonds. The molecule has 0 spiro atoms. The summed E-state index contributed by atoms with van der Waals surface area (Å²) in [5.74, 6) is -2.17. The molecule has 8 heteroatoms. The number of carbonyl (C=O) groups is 3. The SMILES string of the molecule is NC(=O)C(CNC(=O)c1ccc(NC(=O)c2ccco2)cc1)Cc1ccc(F)cc1. The monoisotopic (exact) mass is 409 g/mol. The van der Waals surface area contributed by atoms with Crippen LogP contribution >= 0.6 is 0 Å². The number of amides is 3. The molecular formula is C22H20FN3O4. The molecule has 1 atom stereocenters. The highest BCUT2D eigenvalue weighted by atomic mass is 19.1. The Balaban J connectivity index is 1.55. The summed E-state index contributed by atoms with van der Waals surface area (Å²) < 4.78 is 18.0. The van der Waals surface area contributed by atoms with Crippen LogP contribution in [-0.2, 0) is 11.2 Å². The first-order chi connectivity index (χ1) is 14.4. The molecule has 30 heavy (non-hydrogen) atoms. The Kier molecular flexibility index (Phi) is 6.59. The second-order valence-corrected chi connectivity index (χ2v) is 6.65. The number of hydrogen-bond donors (Lipinski definition) is 3. The normalized spacial score (nSPS) is 11.5. The lowest BCUT2D eigenvalue weighted by atomic mass is 9.98. The van der Waals surface area contributed by atoms with Crippen LogP contribution in [0.2, 0.25) is 0 Å². The standard InChI is InChI=1S/C22H20FN3O4/c23-17-7-3-14(4-8-17)12-16(20(24)27)13-25-21(28)15-5-9-18(10-6-15)26-22(29)19-2-1-11-30-19/h1-11,16H,12-13H2,(H2,24,27)(H,25,28)(H,26,29). The minimum absolute atomic E-state index is 0.0442. The third-order valence-electron chi connectivity index (χ3n) is 4.46. The van der Waals surface area contributed by atoms with E-state index in [1.807, 2.05) is 0 Å². The third kappa shape index (κ3) is 5.54. The van der Waals surface area contributed by atoms with Crippen LogP contribution in [0.5, 0.6) is 0 Å². The zero-order valence-corrected chi connectivity index (χ0v) is 15.9. The molecule has 1 aromatic heterocycles. The molecule has 0 aliphatic rings. The Morgan fingerprint density at radius 2 is 1.67 bits per heavy atom. The van der Waals surface area contributed by atoms with Gasteiger partial charge in [-0.1, -0.05) is 12.1 Å². The van der Waals surface area contributed by atoms with Gasteiger partial charge >= 0.3 is 0 Å². The van der Waals surface area contributed by atoms with Gasteiger partial charge in [-0.2, -0.15) is 0 Å². The summed E-state index contributed by atoms with van der Waals surface area (Å²) in [6.45, 7) is 0.0442. The molecule has 1 heterocycles. The van der Waals surface area contributed by atoms with Gasteiger partial charge in [0.05, 0.1) is 12.2 Å². The largest absolute Gasteiger partial charge is 0.459 e. The van der Waals surface area contributed by atoms with Crippen molar-refractivity contribution in [3.05, 3.63) is 89.6 Å². The Labute approximate surface area is 172 Å². The summed E-state index contributed by atoms with van der Waals surface area (Å²) in [4.78, 5) is 36.0. The van der Waals surface area contributed by atoms with Crippen molar-refractivity contribution < 1.29 is 23.2 Å². The van der Waals surface area contributed by atoms with Crippen LogP contribution in [0.1, 0.15) is 26.5 Å². The number of furan rings is 1. The second-order valence-electron chi connectivity index (χ2n) is 6.65. The first kappa shape index (κ1) is 20.8. The quantitative estimate of drug-likeness (QED) is 0.531. The Bertz CT molecular complexity index is 1020. The average molecular weight is 409 g/mol. The van der Waals surface area contributed by atoms with E-state index in [1.165, 1.54) is 24.5 Å². The smallest absolute Gasteiger partial charge is 0.291 e. The van der Waals surface area contributed by atoms with Gasteiger partial charge in [0.25, 0.3) is 11.8 Å². The van der Waals surface area contributed by atoms with Crippen molar-refractivity contribution in [3.8, 4) is 0 Å². The van der Waals surface area contributed by atoms with Crippen LogP contribution < -0.4 is 16.4 Å². The molecule has 1 unspecified atom stereocenters. The van der Waals surface area contributed by atoms with Crippen LogP contribution in [0.4, 0.5) is 10.1 Å². The summed E-state index contributed by atoms with van der Waals surface area (Å²) in [5, 5.41) is 5.33. The minimum Gasteiger partial charge on any atom is -0.459 e. The van der Waals surface area contributed by atoms with Gasteiger partial charge in [-0.25, -0.2) is 4.39 Å². The molecule has 0 bridgehead atoms. The zero-order valence-electron chi connectivity index (χ0n) is 15.9. The molecular weight excluding hydrogens is 389 g/mol. The minimum atomic E-state index is -0.633. The summed E-state index contributed by atoms with van der Waals surface area (Å²) >= 11 is 0. The van der Waals surface area contributed by atoms with E-state index in [9.17, 15) is 18.8 Å². The lowest BCUT2D eigenvalue weighted by Gasteiger charge is -2.15. The van der Waals surface area contributed by atoms with E-state index in [0.717, 1.165) is 5.56 Å². The molecule has 0 aliphatic heterocycles. The van der Waals surface area contributed by atoms with Crippen molar-refractivity contribution in [2.24, 2.45) is 11.7 Å². The number of hydrogen-bond acceptors (Lipinski definition) is 4. The number of benzene rings is 2. The molecule has 2 aromatic carbocycles. The summed E-state index contributed by atoms with van der Waals surface area (Å²) in [6.07, 6.45) is 1.69. The number of anilines is 1. The fraction of sp³-hybridized carbons (Fsp3) is 0.136. The van der Waals surface area contributed by atoms with Crippen LogP contribution in [0.3, 0.4) is 0 Å². The lowest BCUT2D eigenvalue weighted by molar-refractivity contribution is -0.121. The van der Waals surface area contributed by atoms with Crippen molar-refractivity contribution in [1.82, 2.24) is 5.32 Å². The maximum absolute atomic E-state index is 13.0. The second kappa shape index (κ2) is 9.51. The van der Waals surface area contributed by atoms with Gasteiger partial charge in [-0.15, -0.1) is 0 Å². The van der Waals surface area contributed by atoms with Crippen LogP contribution in [0, 0.1) is 11.7 Å². The van der Waals surface area contributed by atoms with Gasteiger partial charge in [0.1, 0.15) is 5.82 Å². The molecule has 0 saturated heterocycles. The number of rotatable bonds is 8. The molecule has 0 fully saturated rings. The maximum Gasteiger partial charge on any atom is 0.291 e. The van der Waals surface area contributed by atoms with Gasteiger partial charge in [-0.3, -0.25) is 14.4 Å². The predicted molar refractivity (Wildman–Crippen MR) is 108 cm³/mol. The maximum atomic E-state index is 13.0. The number of primary amides is 1. The predicted octanol–water partition coefficient (Wildman–Crippen LogP) is 2.75. The fourth-order valence-corrected chi connectivity index (χ4v) is 2.80. The highest BCUT2D eigenvalue weighted by molar-refractivity contribution is 6.02. The van der Waals surface area contributed by atoms with Crippen LogP contribution in [0.15, 0.2) is 71.3 Å². The Morgan fingerprint density at radius 1 is 0.967 bits per heavy atom. The zero-order chi connectivity index (χ0) is 21.5. The van der Waals surface area contributed by atoms with E-state index >= 15 is 0 Å². The van der Waals surface area contributed by atoms with Crippen molar-refractivity contribution in [3.63, 3.8) is 0 Å². The van der Waals surface area contributed by atoms with Crippen molar-refractivity contribution in [2.45, 2.75) is 6.42 Å². The van der Waals surface area contributed by atoms with E-state index in [0.29, 0.717) is 11.3 Å². The van der Waals surface area contributed by atoms with Crippen molar-refractivity contribution >= 4 is 23.4 Å². The topological polar surface area (TPSA) is 114 Å². The van der Waals surface area contributed by atoms with Gasteiger partial charge in [-0.05, 0) is 60.5 Å². The first-order valence-electron chi connectivity index (χ1n) is 9.19. The highest BCUT2D eigenvalue weighted by Gasteiger charge is 2.18. The van der Waals surface area contributed by atoms with Crippen LogP contribution in [0.25, 0.3) is 0 Å². The molecule has 0 saturated carbocycles. The lowest BCUT2D eigenvalue weighted by Crippen LogP contribution is -2.37. The van der Waals surface area contributed by atoms with Gasteiger partial charge < -0.3 is 20.8 Å². The van der Waals surface area contributed by atoms with Gasteiger partial charge in [0.2, 0.25) is 5.91 Å². The molecule has 0 aliphatic carbocycles. The van der Waals surface area contributed by atoms with Crippen molar-refractivity contribution in [2.75, 3.05) is 11.9 Å². The number of halogens is 1. The summed E-state index contributed by atoms with van der Waals surface area (Å²) in [6, 6.07) is 15.2. The van der Waals surface area contributed by atoms with E-state index in [1.54, 1.807) is 42.5 Å². The summed E-state index contributed by atoms with van der Waals surface area (Å²) in [7, 11) is 0. The highest BCUT2D eigenvalue weighted by Crippen LogP contribution is 2.13. The molecule has 3 aromatic rings. The Hall–Kier alpha value is -3.94. The number of carbonyl (C=O) groups excluding carboxylic acids is 3. The molecule has 7 nitrogen and oxygen atoms in total. The fourth-order valence-electron chi connectivity index (χ4n) is 2.80. The molecule has 154 valence electrons. The molecule has 3 rings (SSSR count). The van der Waals surface area contributed by atoms with E-state index in [2.05, 4.69) is 10.6 Å². The Morgan fingerprint density at radius 3 is 2.27 bits per heavy atom. The molecule has 4 N–H and O–H groups in total. The number of nitrogens with one attached hydrogen (secondary N) is 2. The number of nitrogens with two attached hydrogens (primary N) is 1. The molecule has 0 radical (unpaired) electrons. The van der Waals surface area contributed by atoms with E-state index in [-0.39, 0.29) is 30.5 Å². The third-order valence-corrected chi connectivity index (χ3v) is 4.46. The summed E-state index contributed by atoms with van der Waals surface area (Å²) in [5.41, 5.74) is 7.03. The first-order valence-corrected chi connectivity index (χ1v) is 9.19. The van der Waals surface area contributed by atoms with Gasteiger partial charge in [0, 0.05) is 17.8 Å². The average Bonchev–Trinajstić information content (AvgIpc) is 3.27. The van der Waals surface area contributed by atoms with E-state index < -0.39 is 17.7 Å². The van der Waals surface area contributed by atoms with Gasteiger partial charge in [0.15, 0.2) is 5.76 Å². The van der Waals surface area contributed by atoms with E-state index in [4.69, 9.17) is 10.2 Å². The van der Waals surface area contributed by atoms with Crippen molar-refractivity contribution in [1.29, 1.82) is 0 Å². The van der Waals surface area contributed by atoms with Crippen LogP contribution in [-0.4, -0.2) is 24.3 Å².